The van der Waals surface area contributed by atoms with Crippen LogP contribution in [0.1, 0.15) is 22.3 Å². The molecule has 0 amide bonds. The Bertz CT molecular complexity index is 3520. The number of hydrogen-bond acceptors (Lipinski definition) is 4. The van der Waals surface area contributed by atoms with Gasteiger partial charge in [0, 0.05) is 27.5 Å². The maximum Gasteiger partial charge on any atom is 0.164 e. The first-order chi connectivity index (χ1) is 30.7. The summed E-state index contributed by atoms with van der Waals surface area (Å²) >= 11 is 0. The van der Waals surface area contributed by atoms with Gasteiger partial charge in [-0.1, -0.05) is 188 Å². The highest BCUT2D eigenvalue weighted by Gasteiger charge is 2.51. The molecule has 2 aliphatic rings. The Hall–Kier alpha value is -8.21. The molecule has 2 heterocycles. The molecule has 0 saturated carbocycles. The third kappa shape index (κ3) is 5.04. The summed E-state index contributed by atoms with van der Waals surface area (Å²) in [4.78, 5) is 15.4. The normalized spacial score (nSPS) is 13.0. The maximum atomic E-state index is 6.30. The van der Waals surface area contributed by atoms with Gasteiger partial charge in [0.25, 0.3) is 0 Å². The Morgan fingerprint density at radius 3 is 1.42 bits per heavy atom. The van der Waals surface area contributed by atoms with Gasteiger partial charge in [-0.05, 0) is 91.0 Å². The number of rotatable bonds is 5. The van der Waals surface area contributed by atoms with Crippen LogP contribution in [0.2, 0.25) is 0 Å². The van der Waals surface area contributed by atoms with Crippen molar-refractivity contribution in [1.82, 2.24) is 15.0 Å². The summed E-state index contributed by atoms with van der Waals surface area (Å²) in [5.41, 5.74) is 19.0. The van der Waals surface area contributed by atoms with Crippen LogP contribution in [0.25, 0.3) is 101 Å². The van der Waals surface area contributed by atoms with Crippen LogP contribution in [-0.4, -0.2) is 15.0 Å². The molecule has 9 aromatic carbocycles. The van der Waals surface area contributed by atoms with Gasteiger partial charge in [-0.25, -0.2) is 15.0 Å². The molecule has 0 unspecified atom stereocenters. The van der Waals surface area contributed by atoms with E-state index in [0.717, 1.165) is 55.3 Å². The zero-order valence-corrected chi connectivity index (χ0v) is 33.5. The molecule has 2 aromatic heterocycles. The van der Waals surface area contributed by atoms with Gasteiger partial charge < -0.3 is 4.42 Å². The fraction of sp³-hybridized carbons (Fsp3) is 0.0172. The van der Waals surface area contributed by atoms with Gasteiger partial charge in [-0.3, -0.25) is 0 Å². The summed E-state index contributed by atoms with van der Waals surface area (Å²) in [6.07, 6.45) is 0. The van der Waals surface area contributed by atoms with E-state index in [9.17, 15) is 0 Å². The highest BCUT2D eigenvalue weighted by molar-refractivity contribution is 6.06. The minimum Gasteiger partial charge on any atom is -0.456 e. The van der Waals surface area contributed by atoms with E-state index in [-0.39, 0.29) is 0 Å². The number of benzene rings is 9. The third-order valence-corrected chi connectivity index (χ3v) is 13.0. The van der Waals surface area contributed by atoms with Crippen molar-refractivity contribution in [3.8, 4) is 78.7 Å². The van der Waals surface area contributed by atoms with Gasteiger partial charge in [-0.15, -0.1) is 0 Å². The quantitative estimate of drug-likeness (QED) is 0.174. The van der Waals surface area contributed by atoms with Crippen LogP contribution in [0.15, 0.2) is 217 Å². The fourth-order valence-corrected chi connectivity index (χ4v) is 10.3. The van der Waals surface area contributed by atoms with Crippen molar-refractivity contribution < 1.29 is 4.42 Å². The van der Waals surface area contributed by atoms with Gasteiger partial charge in [0.05, 0.1) is 5.41 Å². The predicted octanol–water partition coefficient (Wildman–Crippen LogP) is 14.4. The molecule has 13 rings (SSSR count). The lowest BCUT2D eigenvalue weighted by atomic mass is 9.70. The second kappa shape index (κ2) is 13.4. The SMILES string of the molecule is c1ccc(-c2nc(-c3ccc(-c4ccc5c(c4)C4(c6ccccc6-c6ccccc64)c4ccccc4-5)cc3)nc(-c3ccccc3-c3ccc4c(c3)oc3ccccc34)n2)cc1. The average molecular weight is 790 g/mol. The zero-order chi connectivity index (χ0) is 40.8. The Labute approximate surface area is 358 Å². The van der Waals surface area contributed by atoms with Crippen molar-refractivity contribution in [2.75, 3.05) is 0 Å². The molecule has 4 heteroatoms. The molecule has 1 spiro atoms. The van der Waals surface area contributed by atoms with E-state index < -0.39 is 5.41 Å². The zero-order valence-electron chi connectivity index (χ0n) is 33.5. The summed E-state index contributed by atoms with van der Waals surface area (Å²) in [5, 5.41) is 2.21. The van der Waals surface area contributed by atoms with Crippen LogP contribution in [0.4, 0.5) is 0 Å². The van der Waals surface area contributed by atoms with Gasteiger partial charge in [0.1, 0.15) is 11.2 Å². The van der Waals surface area contributed by atoms with E-state index in [0.29, 0.717) is 17.5 Å². The number of hydrogen-bond donors (Lipinski definition) is 0. The largest absolute Gasteiger partial charge is 0.456 e. The van der Waals surface area contributed by atoms with E-state index in [2.05, 4.69) is 158 Å². The lowest BCUT2D eigenvalue weighted by Gasteiger charge is -2.30. The average Bonchev–Trinajstić information content (AvgIpc) is 3.98. The highest BCUT2D eigenvalue weighted by atomic mass is 16.3. The molecular formula is C58H35N3O. The Balaban J connectivity index is 0.922. The number of fused-ring (bicyclic) bond motifs is 13. The molecule has 0 saturated heterocycles. The molecule has 0 radical (unpaired) electrons. The van der Waals surface area contributed by atoms with Gasteiger partial charge in [0.15, 0.2) is 17.5 Å². The van der Waals surface area contributed by atoms with E-state index >= 15 is 0 Å². The second-order valence-corrected chi connectivity index (χ2v) is 16.3. The summed E-state index contributed by atoms with van der Waals surface area (Å²) in [6, 6.07) is 75.6. The molecule has 0 bridgehead atoms. The first kappa shape index (κ1) is 34.6. The van der Waals surface area contributed by atoms with Gasteiger partial charge in [-0.2, -0.15) is 0 Å². The van der Waals surface area contributed by atoms with Crippen molar-refractivity contribution in [2.24, 2.45) is 0 Å². The van der Waals surface area contributed by atoms with E-state index in [1.807, 2.05) is 54.6 Å². The molecule has 2 aliphatic carbocycles. The van der Waals surface area contributed by atoms with Crippen molar-refractivity contribution in [1.29, 1.82) is 0 Å². The fourth-order valence-electron chi connectivity index (χ4n) is 10.3. The van der Waals surface area contributed by atoms with Crippen molar-refractivity contribution in [3.05, 3.63) is 235 Å². The molecule has 0 fully saturated rings. The minimum absolute atomic E-state index is 0.391. The minimum atomic E-state index is -0.391. The Morgan fingerprint density at radius 2 is 0.742 bits per heavy atom. The number of furan rings is 1. The van der Waals surface area contributed by atoms with Crippen LogP contribution in [0, 0.1) is 0 Å². The monoisotopic (exact) mass is 789 g/mol. The van der Waals surface area contributed by atoms with E-state index in [1.54, 1.807) is 0 Å². The van der Waals surface area contributed by atoms with Crippen LogP contribution in [0.5, 0.6) is 0 Å². The molecular weight excluding hydrogens is 755 g/mol. The molecule has 62 heavy (non-hydrogen) atoms. The lowest BCUT2D eigenvalue weighted by molar-refractivity contribution is 0.669. The number of nitrogens with zero attached hydrogens (tertiary/aromatic N) is 3. The number of para-hydroxylation sites is 1. The van der Waals surface area contributed by atoms with Crippen molar-refractivity contribution >= 4 is 21.9 Å². The van der Waals surface area contributed by atoms with E-state index in [1.165, 1.54) is 50.1 Å². The second-order valence-electron chi connectivity index (χ2n) is 16.3. The summed E-state index contributed by atoms with van der Waals surface area (Å²) in [5.74, 6) is 1.85. The maximum absolute atomic E-state index is 6.30. The number of aromatic nitrogens is 3. The topological polar surface area (TPSA) is 51.8 Å². The van der Waals surface area contributed by atoms with Crippen LogP contribution < -0.4 is 0 Å². The third-order valence-electron chi connectivity index (χ3n) is 13.0. The van der Waals surface area contributed by atoms with Crippen LogP contribution >= 0.6 is 0 Å². The highest BCUT2D eigenvalue weighted by Crippen LogP contribution is 2.63. The van der Waals surface area contributed by atoms with E-state index in [4.69, 9.17) is 19.4 Å². The van der Waals surface area contributed by atoms with Crippen molar-refractivity contribution in [3.63, 3.8) is 0 Å². The predicted molar refractivity (Wildman–Crippen MR) is 251 cm³/mol. The first-order valence-corrected chi connectivity index (χ1v) is 21.1. The smallest absolute Gasteiger partial charge is 0.164 e. The van der Waals surface area contributed by atoms with Gasteiger partial charge >= 0.3 is 0 Å². The Kier molecular flexibility index (Phi) is 7.49. The first-order valence-electron chi connectivity index (χ1n) is 21.1. The molecule has 288 valence electrons. The standard InChI is InChI=1S/C58H35N3O/c1-2-14-37(15-3-1)55-59-56(61-57(60-55)48-21-5-4-16-41(48)40-31-33-47-46-20-9-13-25-53(46)62-54(47)35-40)38-28-26-36(27-29-38)39-30-32-45-44-19-8-12-24-51(44)58(52(45)34-39)49-22-10-6-17-42(49)43-18-7-11-23-50(43)58/h1-35H. The van der Waals surface area contributed by atoms with Crippen LogP contribution in [0.3, 0.4) is 0 Å². The van der Waals surface area contributed by atoms with Crippen LogP contribution in [-0.2, 0) is 5.41 Å². The molecule has 11 aromatic rings. The molecule has 0 atom stereocenters. The van der Waals surface area contributed by atoms with Gasteiger partial charge in [0.2, 0.25) is 0 Å². The molecule has 4 nitrogen and oxygen atoms in total. The summed E-state index contributed by atoms with van der Waals surface area (Å²) in [7, 11) is 0. The Morgan fingerprint density at radius 1 is 0.274 bits per heavy atom. The lowest BCUT2D eigenvalue weighted by Crippen LogP contribution is -2.25. The van der Waals surface area contributed by atoms with Crippen molar-refractivity contribution in [2.45, 2.75) is 5.41 Å². The summed E-state index contributed by atoms with van der Waals surface area (Å²) < 4.78 is 6.30. The molecule has 0 N–H and O–H groups in total. The molecule has 0 aliphatic heterocycles. The summed E-state index contributed by atoms with van der Waals surface area (Å²) in [6.45, 7) is 0.